The summed E-state index contributed by atoms with van der Waals surface area (Å²) in [6.45, 7) is 13.6. The van der Waals surface area contributed by atoms with Gasteiger partial charge in [-0.15, -0.1) is 0 Å². The minimum absolute atomic E-state index is 0. The molecule has 21 heavy (non-hydrogen) atoms. The van der Waals surface area contributed by atoms with Crippen LogP contribution in [0.1, 0.15) is 47.0 Å². The molecule has 0 N–H and O–H groups in total. The van der Waals surface area contributed by atoms with E-state index < -0.39 is 0 Å². The molecule has 0 aliphatic rings. The van der Waals surface area contributed by atoms with Crippen molar-refractivity contribution in [2.75, 3.05) is 0 Å². The van der Waals surface area contributed by atoms with Gasteiger partial charge < -0.3 is 4.57 Å². The number of nitrogens with zero attached hydrogens (tertiary/aromatic N) is 1. The minimum atomic E-state index is 0. The maximum Gasteiger partial charge on any atom is 0.187 e. The Morgan fingerprint density at radius 2 is 1.57 bits per heavy atom. The summed E-state index contributed by atoms with van der Waals surface area (Å²) in [6, 6.07) is 10.9. The molecule has 2 aromatic rings. The van der Waals surface area contributed by atoms with Gasteiger partial charge in [0.15, 0.2) is 17.4 Å². The molecule has 2 rings (SSSR count). The highest BCUT2D eigenvalue weighted by molar-refractivity contribution is 5.80. The van der Waals surface area contributed by atoms with E-state index in [4.69, 9.17) is 0 Å². The standard InChI is InChI=1S/C19H28N.Al.3H/c1-6-19(13-15(2)3,14-16(4)5)20-12-11-17-9-7-8-10-18(17)20;;;;/h7-12,15-16H,1,6,13-14H2,2-5H3;;;;. The van der Waals surface area contributed by atoms with Crippen LogP contribution in [0.25, 0.3) is 10.9 Å². The predicted molar refractivity (Wildman–Crippen MR) is 98.7 cm³/mol. The normalized spacial score (nSPS) is 12.1. The first kappa shape index (κ1) is 18.3. The molecule has 0 amide bonds. The third kappa shape index (κ3) is 3.93. The van der Waals surface area contributed by atoms with Crippen LogP contribution >= 0.6 is 0 Å². The van der Waals surface area contributed by atoms with Crippen LogP contribution in [0.15, 0.2) is 36.5 Å². The average Bonchev–Trinajstić information content (AvgIpc) is 2.81. The van der Waals surface area contributed by atoms with Crippen LogP contribution in [-0.4, -0.2) is 21.9 Å². The lowest BCUT2D eigenvalue weighted by atomic mass is 9.79. The van der Waals surface area contributed by atoms with Crippen molar-refractivity contribution < 1.29 is 0 Å². The van der Waals surface area contributed by atoms with Crippen molar-refractivity contribution in [2.45, 2.75) is 52.5 Å². The molecule has 1 aromatic carbocycles. The van der Waals surface area contributed by atoms with Crippen molar-refractivity contribution in [1.82, 2.24) is 4.57 Å². The Kier molecular flexibility index (Phi) is 6.57. The molecule has 0 atom stereocenters. The number of fused-ring (bicyclic) bond motifs is 1. The Balaban J connectivity index is 0.00000220. The number of rotatable bonds is 6. The highest BCUT2D eigenvalue weighted by Gasteiger charge is 2.32. The molecule has 0 spiro atoms. The summed E-state index contributed by atoms with van der Waals surface area (Å²) in [5, 5.41) is 1.33. The molecule has 0 bridgehead atoms. The van der Waals surface area contributed by atoms with E-state index in [-0.39, 0.29) is 22.9 Å². The first-order valence-electron chi connectivity index (χ1n) is 7.84. The zero-order valence-corrected chi connectivity index (χ0v) is 13.4. The van der Waals surface area contributed by atoms with Gasteiger partial charge in [0, 0.05) is 17.3 Å². The summed E-state index contributed by atoms with van der Waals surface area (Å²) in [6.07, 6.45) is 5.59. The lowest BCUT2D eigenvalue weighted by molar-refractivity contribution is 0.192. The van der Waals surface area contributed by atoms with Crippen LogP contribution in [0.3, 0.4) is 0 Å². The van der Waals surface area contributed by atoms with E-state index in [1.54, 1.807) is 0 Å². The minimum Gasteiger partial charge on any atom is -0.341 e. The van der Waals surface area contributed by atoms with Crippen LogP contribution < -0.4 is 0 Å². The zero-order chi connectivity index (χ0) is 14.8. The molecule has 0 aliphatic heterocycles. The lowest BCUT2D eigenvalue weighted by Crippen LogP contribution is -2.35. The lowest BCUT2D eigenvalue weighted by Gasteiger charge is -2.38. The molecule has 0 aliphatic carbocycles. The largest absolute Gasteiger partial charge is 0.341 e. The van der Waals surface area contributed by atoms with Crippen molar-refractivity contribution in [3.63, 3.8) is 0 Å². The average molecular weight is 300 g/mol. The number of hydrogen-bond acceptors (Lipinski definition) is 0. The predicted octanol–water partition coefficient (Wildman–Crippen LogP) is 4.47. The van der Waals surface area contributed by atoms with Gasteiger partial charge in [-0.25, -0.2) is 0 Å². The second kappa shape index (κ2) is 7.52. The molecule has 115 valence electrons. The molecular weight excluding hydrogens is 269 g/mol. The number of aromatic nitrogens is 1. The van der Waals surface area contributed by atoms with Gasteiger partial charge in [-0.3, -0.25) is 0 Å². The Morgan fingerprint density at radius 3 is 2.10 bits per heavy atom. The topological polar surface area (TPSA) is 4.93 Å². The quantitative estimate of drug-likeness (QED) is 0.694. The molecule has 0 saturated heterocycles. The molecule has 2 heteroatoms. The van der Waals surface area contributed by atoms with E-state index in [0.29, 0.717) is 11.8 Å². The van der Waals surface area contributed by atoms with Crippen molar-refractivity contribution in [3.05, 3.63) is 43.5 Å². The fraction of sp³-hybridized carbons (Fsp3) is 0.526. The molecular formula is C19H31AlN. The van der Waals surface area contributed by atoms with E-state index in [0.717, 1.165) is 6.42 Å². The van der Waals surface area contributed by atoms with Gasteiger partial charge in [-0.1, -0.05) is 52.8 Å². The van der Waals surface area contributed by atoms with Crippen LogP contribution in [0.2, 0.25) is 0 Å². The summed E-state index contributed by atoms with van der Waals surface area (Å²) in [4.78, 5) is 0. The third-order valence-electron chi connectivity index (χ3n) is 4.15. The van der Waals surface area contributed by atoms with Gasteiger partial charge in [0.1, 0.15) is 0 Å². The smallest absolute Gasteiger partial charge is 0.187 e. The van der Waals surface area contributed by atoms with E-state index in [1.807, 2.05) is 0 Å². The summed E-state index contributed by atoms with van der Waals surface area (Å²) in [5.41, 5.74) is 1.49. The molecule has 1 aromatic heterocycles. The number of para-hydroxylation sites is 1. The monoisotopic (exact) mass is 300 g/mol. The maximum atomic E-state index is 4.31. The fourth-order valence-electron chi connectivity index (χ4n) is 3.62. The number of benzene rings is 1. The summed E-state index contributed by atoms with van der Waals surface area (Å²) >= 11 is 0. The van der Waals surface area contributed by atoms with Crippen LogP contribution in [0, 0.1) is 18.8 Å². The van der Waals surface area contributed by atoms with Crippen molar-refractivity contribution in [2.24, 2.45) is 11.8 Å². The Hall–Kier alpha value is -0.708. The van der Waals surface area contributed by atoms with Gasteiger partial charge >= 0.3 is 0 Å². The molecule has 0 saturated carbocycles. The maximum absolute atomic E-state index is 4.31. The first-order chi connectivity index (χ1) is 9.48. The molecule has 1 heterocycles. The SMILES string of the molecule is [AlH3].[CH2]CC(CC(C)C)(CC(C)C)n1ccc2ccccc21. The Labute approximate surface area is 140 Å². The fourth-order valence-corrected chi connectivity index (χ4v) is 3.62. The van der Waals surface area contributed by atoms with Crippen molar-refractivity contribution in [1.29, 1.82) is 0 Å². The van der Waals surface area contributed by atoms with Gasteiger partial charge in [0.05, 0.1) is 0 Å². The van der Waals surface area contributed by atoms with Gasteiger partial charge in [0.25, 0.3) is 0 Å². The van der Waals surface area contributed by atoms with E-state index in [9.17, 15) is 0 Å². The summed E-state index contributed by atoms with van der Waals surface area (Å²) < 4.78 is 2.50. The summed E-state index contributed by atoms with van der Waals surface area (Å²) in [5.74, 6) is 1.35. The van der Waals surface area contributed by atoms with Crippen LogP contribution in [0.5, 0.6) is 0 Å². The van der Waals surface area contributed by atoms with Crippen molar-refractivity contribution in [3.8, 4) is 0 Å². The molecule has 1 nitrogen and oxygen atoms in total. The molecule has 0 unspecified atom stereocenters. The Bertz CT molecular complexity index is 543. The van der Waals surface area contributed by atoms with Gasteiger partial charge in [0.2, 0.25) is 0 Å². The highest BCUT2D eigenvalue weighted by Crippen LogP contribution is 2.38. The van der Waals surface area contributed by atoms with Gasteiger partial charge in [-0.2, -0.15) is 0 Å². The highest BCUT2D eigenvalue weighted by atomic mass is 27.0. The Morgan fingerprint density at radius 1 is 1.00 bits per heavy atom. The third-order valence-corrected chi connectivity index (χ3v) is 4.15. The van der Waals surface area contributed by atoms with E-state index in [2.05, 4.69) is 75.7 Å². The molecule has 0 fully saturated rings. The van der Waals surface area contributed by atoms with E-state index in [1.165, 1.54) is 23.7 Å². The van der Waals surface area contributed by atoms with Crippen molar-refractivity contribution >= 4 is 28.3 Å². The second-order valence-corrected chi connectivity index (χ2v) is 6.91. The van der Waals surface area contributed by atoms with Crippen LogP contribution in [-0.2, 0) is 5.54 Å². The summed E-state index contributed by atoms with van der Waals surface area (Å²) in [7, 11) is 0. The zero-order valence-electron chi connectivity index (χ0n) is 13.4. The number of hydrogen-bond donors (Lipinski definition) is 0. The second-order valence-electron chi connectivity index (χ2n) is 6.91. The van der Waals surface area contributed by atoms with Crippen LogP contribution in [0.4, 0.5) is 0 Å². The first-order valence-corrected chi connectivity index (χ1v) is 7.84. The van der Waals surface area contributed by atoms with Gasteiger partial charge in [-0.05, 0) is 48.6 Å². The molecule has 1 radical (unpaired) electrons. The van der Waals surface area contributed by atoms with E-state index >= 15 is 0 Å².